The maximum absolute atomic E-state index is 12.5. The fraction of sp³-hybridized carbons (Fsp3) is 0.316. The first-order valence-electron chi connectivity index (χ1n) is 16.4. The highest BCUT2D eigenvalue weighted by molar-refractivity contribution is 7.92. The number of carboxylic acid groups (broad SMARTS) is 1. The van der Waals surface area contributed by atoms with Gasteiger partial charge in [-0.25, -0.2) is 8.42 Å². The van der Waals surface area contributed by atoms with E-state index >= 15 is 0 Å². The van der Waals surface area contributed by atoms with E-state index in [1.54, 1.807) is 11.0 Å². The number of piperidine rings is 1. The van der Waals surface area contributed by atoms with Gasteiger partial charge in [0.25, 0.3) is 0 Å². The van der Waals surface area contributed by atoms with Crippen molar-refractivity contribution in [3.05, 3.63) is 114 Å². The molecule has 1 heterocycles. The van der Waals surface area contributed by atoms with Crippen LogP contribution in [0.3, 0.4) is 0 Å². The van der Waals surface area contributed by atoms with Crippen LogP contribution >= 0.6 is 0 Å². The number of hydrogen-bond donors (Lipinski definition) is 2. The van der Waals surface area contributed by atoms with E-state index in [9.17, 15) is 18.0 Å². The number of nitrogens with one attached hydrogen (secondary N) is 1. The summed E-state index contributed by atoms with van der Waals surface area (Å²) < 4.78 is 38.5. The number of likely N-dealkylation sites (tertiary alicyclic amines) is 1. The van der Waals surface area contributed by atoms with Gasteiger partial charge < -0.3 is 24.4 Å². The fourth-order valence-corrected chi connectivity index (χ4v) is 6.50. The molecule has 258 valence electrons. The summed E-state index contributed by atoms with van der Waals surface area (Å²) in [4.78, 5) is 27.6. The van der Waals surface area contributed by atoms with Crippen LogP contribution in [0.5, 0.6) is 17.2 Å². The Morgan fingerprint density at radius 2 is 1.43 bits per heavy atom. The molecule has 0 radical (unpaired) electrons. The minimum atomic E-state index is -3.42. The minimum absolute atomic E-state index is 0.0392. The van der Waals surface area contributed by atoms with Crippen LogP contribution in [0.1, 0.15) is 42.4 Å². The number of nitrogens with zero attached hydrogens (tertiary/aromatic N) is 2. The lowest BCUT2D eigenvalue weighted by atomic mass is 9.97. The standard InChI is InChI=1S/C38H43N3O7S/c1-28-35(39-49(2,45)46)10-6-11-36(28)41(26-29-8-4-3-5-9-29)27-30-13-15-33(16-14-30)48-34-19-17-32(18-20-34)47-25-7-12-37(42)40-23-21-31(22-24-40)38(43)44/h3-6,8-11,13-20,31,39H,7,12,21-27H2,1-2H3,(H,43,44). The van der Waals surface area contributed by atoms with Gasteiger partial charge in [-0.2, -0.15) is 0 Å². The SMILES string of the molecule is Cc1c(NS(C)(=O)=O)cccc1N(Cc1ccccc1)Cc1ccc(Oc2ccc(OCCCC(=O)N3CCC(C(=O)O)CC3)cc2)cc1. The highest BCUT2D eigenvalue weighted by atomic mass is 32.2. The van der Waals surface area contributed by atoms with Crippen LogP contribution in [0.2, 0.25) is 0 Å². The first-order valence-corrected chi connectivity index (χ1v) is 18.3. The molecular formula is C38H43N3O7S. The van der Waals surface area contributed by atoms with E-state index < -0.39 is 16.0 Å². The molecule has 10 nitrogen and oxygen atoms in total. The summed E-state index contributed by atoms with van der Waals surface area (Å²) in [6.45, 7) is 4.55. The molecule has 1 amide bonds. The number of sulfonamides is 1. The molecule has 0 unspecified atom stereocenters. The zero-order valence-electron chi connectivity index (χ0n) is 27.9. The van der Waals surface area contributed by atoms with Crippen molar-refractivity contribution < 1.29 is 32.6 Å². The zero-order valence-corrected chi connectivity index (χ0v) is 28.7. The monoisotopic (exact) mass is 685 g/mol. The number of amides is 1. The quantitative estimate of drug-likeness (QED) is 0.130. The average Bonchev–Trinajstić information content (AvgIpc) is 3.09. The lowest BCUT2D eigenvalue weighted by Gasteiger charge is -2.30. The Morgan fingerprint density at radius 1 is 0.837 bits per heavy atom. The van der Waals surface area contributed by atoms with Crippen LogP contribution in [-0.4, -0.2) is 56.3 Å². The largest absolute Gasteiger partial charge is 0.494 e. The number of aliphatic carboxylic acids is 1. The van der Waals surface area contributed by atoms with Gasteiger partial charge in [0.05, 0.1) is 24.5 Å². The van der Waals surface area contributed by atoms with Gasteiger partial charge in [0.15, 0.2) is 0 Å². The van der Waals surface area contributed by atoms with Gasteiger partial charge in [-0.3, -0.25) is 14.3 Å². The number of benzene rings is 4. The van der Waals surface area contributed by atoms with Gasteiger partial charge in [-0.15, -0.1) is 0 Å². The Balaban J connectivity index is 1.14. The third-order valence-corrected chi connectivity index (χ3v) is 9.11. The van der Waals surface area contributed by atoms with Gasteiger partial charge in [0, 0.05) is 38.3 Å². The summed E-state index contributed by atoms with van der Waals surface area (Å²) in [6.07, 6.45) is 3.11. The van der Waals surface area contributed by atoms with Crippen molar-refractivity contribution in [1.29, 1.82) is 0 Å². The summed E-state index contributed by atoms with van der Waals surface area (Å²) in [5, 5.41) is 9.14. The predicted octanol–water partition coefficient (Wildman–Crippen LogP) is 6.85. The fourth-order valence-electron chi connectivity index (χ4n) is 5.88. The molecular weight excluding hydrogens is 642 g/mol. The normalized spacial score (nSPS) is 13.5. The van der Waals surface area contributed by atoms with E-state index in [0.717, 1.165) is 28.6 Å². The molecule has 2 N–H and O–H groups in total. The van der Waals surface area contributed by atoms with Crippen molar-refractivity contribution in [2.75, 3.05) is 35.6 Å². The number of anilines is 2. The lowest BCUT2D eigenvalue weighted by molar-refractivity contribution is -0.145. The third-order valence-electron chi connectivity index (χ3n) is 8.51. The Kier molecular flexibility index (Phi) is 11.8. The number of hydrogen-bond acceptors (Lipinski definition) is 7. The molecule has 0 aromatic heterocycles. The second-order valence-corrected chi connectivity index (χ2v) is 14.1. The number of carbonyl (C=O) groups excluding carboxylic acids is 1. The molecule has 11 heteroatoms. The highest BCUT2D eigenvalue weighted by Crippen LogP contribution is 2.31. The van der Waals surface area contributed by atoms with E-state index in [2.05, 4.69) is 21.8 Å². The summed E-state index contributed by atoms with van der Waals surface area (Å²) in [6, 6.07) is 31.0. The second kappa shape index (κ2) is 16.4. The van der Waals surface area contributed by atoms with Gasteiger partial charge in [-0.05, 0) is 91.4 Å². The van der Waals surface area contributed by atoms with Crippen LogP contribution in [0.25, 0.3) is 0 Å². The number of ether oxygens (including phenoxy) is 2. The molecule has 1 aliphatic rings. The molecule has 4 aromatic rings. The first-order chi connectivity index (χ1) is 23.5. The maximum atomic E-state index is 12.5. The van der Waals surface area contributed by atoms with Crippen molar-refractivity contribution >= 4 is 33.3 Å². The minimum Gasteiger partial charge on any atom is -0.494 e. The smallest absolute Gasteiger partial charge is 0.306 e. The lowest BCUT2D eigenvalue weighted by Crippen LogP contribution is -2.40. The van der Waals surface area contributed by atoms with Crippen molar-refractivity contribution in [1.82, 2.24) is 4.90 Å². The van der Waals surface area contributed by atoms with E-state index in [0.29, 0.717) is 81.4 Å². The molecule has 5 rings (SSSR count). The van der Waals surface area contributed by atoms with Crippen LogP contribution in [0.4, 0.5) is 11.4 Å². The summed E-state index contributed by atoms with van der Waals surface area (Å²) in [5.41, 5.74) is 4.54. The van der Waals surface area contributed by atoms with E-state index in [1.165, 1.54) is 0 Å². The van der Waals surface area contributed by atoms with Crippen LogP contribution < -0.4 is 19.1 Å². The molecule has 0 spiro atoms. The summed E-state index contributed by atoms with van der Waals surface area (Å²) in [5.74, 6) is 0.938. The number of rotatable bonds is 15. The van der Waals surface area contributed by atoms with Crippen molar-refractivity contribution in [3.8, 4) is 17.2 Å². The number of carboxylic acids is 1. The van der Waals surface area contributed by atoms with Gasteiger partial charge in [0.2, 0.25) is 15.9 Å². The van der Waals surface area contributed by atoms with Gasteiger partial charge in [-0.1, -0.05) is 48.5 Å². The van der Waals surface area contributed by atoms with Crippen LogP contribution in [0, 0.1) is 12.8 Å². The molecule has 0 aliphatic carbocycles. The Morgan fingerprint density at radius 3 is 2.04 bits per heavy atom. The molecule has 0 saturated carbocycles. The van der Waals surface area contributed by atoms with E-state index in [1.807, 2.05) is 85.8 Å². The summed E-state index contributed by atoms with van der Waals surface area (Å²) >= 11 is 0. The molecule has 0 bridgehead atoms. The Bertz CT molecular complexity index is 1810. The molecule has 0 atom stereocenters. The third kappa shape index (κ3) is 10.5. The maximum Gasteiger partial charge on any atom is 0.306 e. The molecule has 1 fully saturated rings. The Labute approximate surface area is 288 Å². The predicted molar refractivity (Wildman–Crippen MR) is 191 cm³/mol. The average molecular weight is 686 g/mol. The van der Waals surface area contributed by atoms with Gasteiger partial charge in [0.1, 0.15) is 17.2 Å². The first kappa shape index (κ1) is 35.3. The van der Waals surface area contributed by atoms with Crippen molar-refractivity contribution in [2.24, 2.45) is 5.92 Å². The molecule has 1 saturated heterocycles. The summed E-state index contributed by atoms with van der Waals surface area (Å²) in [7, 11) is -3.42. The molecule has 49 heavy (non-hydrogen) atoms. The highest BCUT2D eigenvalue weighted by Gasteiger charge is 2.26. The molecule has 4 aromatic carbocycles. The van der Waals surface area contributed by atoms with Crippen molar-refractivity contribution in [2.45, 2.75) is 45.7 Å². The van der Waals surface area contributed by atoms with Crippen LogP contribution in [-0.2, 0) is 32.7 Å². The zero-order chi connectivity index (χ0) is 34.8. The van der Waals surface area contributed by atoms with Crippen LogP contribution in [0.15, 0.2) is 97.1 Å². The van der Waals surface area contributed by atoms with Gasteiger partial charge >= 0.3 is 5.97 Å². The topological polar surface area (TPSA) is 125 Å². The second-order valence-electron chi connectivity index (χ2n) is 12.3. The van der Waals surface area contributed by atoms with Crippen molar-refractivity contribution in [3.63, 3.8) is 0 Å². The molecule has 1 aliphatic heterocycles. The van der Waals surface area contributed by atoms with E-state index in [-0.39, 0.29) is 11.8 Å². The van der Waals surface area contributed by atoms with E-state index in [4.69, 9.17) is 14.6 Å². The number of carbonyl (C=O) groups is 2. The Hall–Kier alpha value is -5.03.